The maximum Gasteiger partial charge on any atom is 0.132 e. The van der Waals surface area contributed by atoms with Crippen molar-refractivity contribution in [3.8, 4) is 11.5 Å². The molecular formula is C28H32N2O2. The van der Waals surface area contributed by atoms with Crippen molar-refractivity contribution >= 4 is 6.08 Å². The first-order valence-electron chi connectivity index (χ1n) is 11.4. The highest BCUT2D eigenvalue weighted by Crippen LogP contribution is 2.25. The fraction of sp³-hybridized carbons (Fsp3) is 0.286. The summed E-state index contributed by atoms with van der Waals surface area (Å²) < 4.78 is 12.0. The first-order valence-corrected chi connectivity index (χ1v) is 11.4. The Hall–Kier alpha value is -2.92. The lowest BCUT2D eigenvalue weighted by Gasteiger charge is -2.34. The molecule has 0 unspecified atom stereocenters. The Labute approximate surface area is 191 Å². The fourth-order valence-corrected chi connectivity index (χ4v) is 3.81. The van der Waals surface area contributed by atoms with Crippen LogP contribution >= 0.6 is 0 Å². The van der Waals surface area contributed by atoms with E-state index >= 15 is 0 Å². The van der Waals surface area contributed by atoms with Gasteiger partial charge in [0.1, 0.15) is 11.5 Å². The first-order chi connectivity index (χ1) is 15.9. The molecule has 1 fully saturated rings. The van der Waals surface area contributed by atoms with E-state index in [-0.39, 0.29) is 0 Å². The molecule has 1 saturated heterocycles. The van der Waals surface area contributed by atoms with Crippen molar-refractivity contribution in [2.45, 2.75) is 6.61 Å². The number of nitrogens with zero attached hydrogens (tertiary/aromatic N) is 2. The molecule has 1 aliphatic heterocycles. The number of piperazine rings is 1. The van der Waals surface area contributed by atoms with E-state index < -0.39 is 0 Å². The van der Waals surface area contributed by atoms with Crippen molar-refractivity contribution in [2.24, 2.45) is 0 Å². The SMILES string of the molecule is C(=C/c1ccccc1)/CN1CCN(CCOCc2ccccc2Oc2ccccc2)CC1. The minimum Gasteiger partial charge on any atom is -0.457 e. The van der Waals surface area contributed by atoms with Gasteiger partial charge in [0.05, 0.1) is 13.2 Å². The molecule has 4 heteroatoms. The molecular weight excluding hydrogens is 396 g/mol. The van der Waals surface area contributed by atoms with Gasteiger partial charge in [0.25, 0.3) is 0 Å². The van der Waals surface area contributed by atoms with E-state index in [1.165, 1.54) is 5.56 Å². The van der Waals surface area contributed by atoms with Gasteiger partial charge in [-0.15, -0.1) is 0 Å². The van der Waals surface area contributed by atoms with Gasteiger partial charge in [0.2, 0.25) is 0 Å². The maximum absolute atomic E-state index is 6.03. The van der Waals surface area contributed by atoms with Crippen LogP contribution in [0.4, 0.5) is 0 Å². The molecule has 0 aliphatic carbocycles. The van der Waals surface area contributed by atoms with Gasteiger partial charge in [-0.25, -0.2) is 0 Å². The summed E-state index contributed by atoms with van der Waals surface area (Å²) in [6, 6.07) is 28.5. The standard InChI is InChI=1S/C28H32N2O2/c1-3-10-25(11-4-1)12-9-17-29-18-20-30(21-19-29)22-23-31-24-26-13-7-8-16-28(26)32-27-14-5-2-6-15-27/h1-16H,17-24H2/b12-9-. The highest BCUT2D eigenvalue weighted by molar-refractivity contribution is 5.48. The van der Waals surface area contributed by atoms with Crippen LogP contribution in [0.3, 0.4) is 0 Å². The summed E-state index contributed by atoms with van der Waals surface area (Å²) in [5, 5.41) is 0. The van der Waals surface area contributed by atoms with Gasteiger partial charge in [0.15, 0.2) is 0 Å². The van der Waals surface area contributed by atoms with Gasteiger partial charge in [-0.2, -0.15) is 0 Å². The fourth-order valence-electron chi connectivity index (χ4n) is 3.81. The number of hydrogen-bond donors (Lipinski definition) is 0. The quantitative estimate of drug-likeness (QED) is 0.408. The Morgan fingerprint density at radius 1 is 0.719 bits per heavy atom. The normalized spacial score (nSPS) is 15.2. The van der Waals surface area contributed by atoms with Crippen LogP contribution in [0.1, 0.15) is 11.1 Å². The average Bonchev–Trinajstić information content (AvgIpc) is 2.85. The first kappa shape index (κ1) is 22.3. The van der Waals surface area contributed by atoms with Gasteiger partial charge < -0.3 is 9.47 Å². The molecule has 0 radical (unpaired) electrons. The van der Waals surface area contributed by atoms with E-state index in [0.717, 1.165) is 62.9 Å². The van der Waals surface area contributed by atoms with Crippen LogP contribution in [0.15, 0.2) is 91.0 Å². The van der Waals surface area contributed by atoms with Crippen molar-refractivity contribution < 1.29 is 9.47 Å². The van der Waals surface area contributed by atoms with E-state index in [2.05, 4.69) is 58.4 Å². The summed E-state index contributed by atoms with van der Waals surface area (Å²) in [6.45, 7) is 7.67. The zero-order valence-corrected chi connectivity index (χ0v) is 18.6. The minimum atomic E-state index is 0.563. The van der Waals surface area contributed by atoms with Crippen LogP contribution in [-0.4, -0.2) is 55.7 Å². The third kappa shape index (κ3) is 7.06. The zero-order chi connectivity index (χ0) is 21.8. The lowest BCUT2D eigenvalue weighted by Crippen LogP contribution is -2.47. The van der Waals surface area contributed by atoms with Crippen molar-refractivity contribution in [2.75, 3.05) is 45.9 Å². The molecule has 1 aliphatic rings. The summed E-state index contributed by atoms with van der Waals surface area (Å²) in [4.78, 5) is 5.00. The van der Waals surface area contributed by atoms with Crippen LogP contribution in [0.2, 0.25) is 0 Å². The minimum absolute atomic E-state index is 0.563. The van der Waals surface area contributed by atoms with Gasteiger partial charge in [-0.3, -0.25) is 9.80 Å². The lowest BCUT2D eigenvalue weighted by atomic mass is 10.2. The van der Waals surface area contributed by atoms with Crippen LogP contribution < -0.4 is 4.74 Å². The number of ether oxygens (including phenoxy) is 2. The van der Waals surface area contributed by atoms with Crippen LogP contribution in [0.25, 0.3) is 6.08 Å². The Kier molecular flexibility index (Phi) is 8.50. The smallest absolute Gasteiger partial charge is 0.132 e. The van der Waals surface area contributed by atoms with Gasteiger partial charge in [-0.1, -0.05) is 78.9 Å². The molecule has 3 aromatic rings. The molecule has 0 bridgehead atoms. The van der Waals surface area contributed by atoms with Crippen LogP contribution in [0.5, 0.6) is 11.5 Å². The topological polar surface area (TPSA) is 24.9 Å². The Morgan fingerprint density at radius 2 is 1.38 bits per heavy atom. The molecule has 0 spiro atoms. The van der Waals surface area contributed by atoms with Gasteiger partial charge in [0, 0.05) is 44.8 Å². The average molecular weight is 429 g/mol. The number of benzene rings is 3. The van der Waals surface area contributed by atoms with E-state index in [1.54, 1.807) is 0 Å². The predicted molar refractivity (Wildman–Crippen MR) is 131 cm³/mol. The van der Waals surface area contributed by atoms with Crippen LogP contribution in [0, 0.1) is 0 Å². The number of rotatable bonds is 10. The molecule has 4 nitrogen and oxygen atoms in total. The molecule has 4 rings (SSSR count). The summed E-state index contributed by atoms with van der Waals surface area (Å²) in [6.07, 6.45) is 4.47. The lowest BCUT2D eigenvalue weighted by molar-refractivity contribution is 0.0704. The third-order valence-corrected chi connectivity index (χ3v) is 5.69. The molecule has 166 valence electrons. The van der Waals surface area contributed by atoms with Crippen LogP contribution in [-0.2, 0) is 11.3 Å². The van der Waals surface area contributed by atoms with Crippen molar-refractivity contribution in [3.63, 3.8) is 0 Å². The molecule has 0 N–H and O–H groups in total. The van der Waals surface area contributed by atoms with Crippen molar-refractivity contribution in [3.05, 3.63) is 102 Å². The highest BCUT2D eigenvalue weighted by Gasteiger charge is 2.15. The second-order valence-corrected chi connectivity index (χ2v) is 8.03. The molecule has 1 heterocycles. The predicted octanol–water partition coefficient (Wildman–Crippen LogP) is 5.33. The summed E-state index contributed by atoms with van der Waals surface area (Å²) in [5.74, 6) is 1.70. The molecule has 3 aromatic carbocycles. The van der Waals surface area contributed by atoms with E-state index in [9.17, 15) is 0 Å². The number of hydrogen-bond acceptors (Lipinski definition) is 4. The van der Waals surface area contributed by atoms with E-state index in [4.69, 9.17) is 9.47 Å². The largest absolute Gasteiger partial charge is 0.457 e. The number of para-hydroxylation sites is 2. The Morgan fingerprint density at radius 3 is 2.16 bits per heavy atom. The Bertz CT molecular complexity index is 951. The third-order valence-electron chi connectivity index (χ3n) is 5.69. The summed E-state index contributed by atoms with van der Waals surface area (Å²) in [5.41, 5.74) is 2.34. The highest BCUT2D eigenvalue weighted by atomic mass is 16.5. The molecule has 0 amide bonds. The monoisotopic (exact) mass is 428 g/mol. The second-order valence-electron chi connectivity index (χ2n) is 8.03. The van der Waals surface area contributed by atoms with Crippen molar-refractivity contribution in [1.82, 2.24) is 9.80 Å². The Balaban J connectivity index is 1.14. The summed E-state index contributed by atoms with van der Waals surface area (Å²) in [7, 11) is 0. The van der Waals surface area contributed by atoms with Crippen molar-refractivity contribution in [1.29, 1.82) is 0 Å². The van der Waals surface area contributed by atoms with Gasteiger partial charge >= 0.3 is 0 Å². The van der Waals surface area contributed by atoms with E-state index in [0.29, 0.717) is 6.61 Å². The van der Waals surface area contributed by atoms with E-state index in [1.807, 2.05) is 48.5 Å². The van der Waals surface area contributed by atoms with Gasteiger partial charge in [-0.05, 0) is 23.8 Å². The maximum atomic E-state index is 6.03. The zero-order valence-electron chi connectivity index (χ0n) is 18.6. The molecule has 0 saturated carbocycles. The molecule has 0 aromatic heterocycles. The molecule has 32 heavy (non-hydrogen) atoms. The second kappa shape index (κ2) is 12.2. The summed E-state index contributed by atoms with van der Waals surface area (Å²) >= 11 is 0. The molecule has 0 atom stereocenters.